The second-order valence-corrected chi connectivity index (χ2v) is 7.23. The SMILES string of the molecule is COc1ccc([C@H]2c3[nH]c4ccccc4c3CCN2C(=O)c2cccnc2)cc1. The molecule has 29 heavy (non-hydrogen) atoms. The number of para-hydroxylation sites is 1. The van der Waals surface area contributed by atoms with Crippen LogP contribution >= 0.6 is 0 Å². The van der Waals surface area contributed by atoms with Crippen LogP contribution < -0.4 is 4.74 Å². The maximum atomic E-state index is 13.4. The highest BCUT2D eigenvalue weighted by atomic mass is 16.5. The molecule has 5 heteroatoms. The van der Waals surface area contributed by atoms with E-state index in [4.69, 9.17) is 4.74 Å². The van der Waals surface area contributed by atoms with Gasteiger partial charge in [-0.3, -0.25) is 9.78 Å². The van der Waals surface area contributed by atoms with Crippen LogP contribution in [-0.2, 0) is 6.42 Å². The lowest BCUT2D eigenvalue weighted by atomic mass is 9.91. The van der Waals surface area contributed by atoms with E-state index in [2.05, 4.69) is 28.2 Å². The van der Waals surface area contributed by atoms with Crippen LogP contribution in [0.3, 0.4) is 0 Å². The van der Waals surface area contributed by atoms with E-state index in [0.717, 1.165) is 28.9 Å². The Labute approximate surface area is 169 Å². The molecule has 3 heterocycles. The van der Waals surface area contributed by atoms with Gasteiger partial charge in [0.05, 0.1) is 18.7 Å². The smallest absolute Gasteiger partial charge is 0.256 e. The van der Waals surface area contributed by atoms with Crippen molar-refractivity contribution < 1.29 is 9.53 Å². The molecule has 1 atom stereocenters. The first-order valence-corrected chi connectivity index (χ1v) is 9.70. The Balaban J connectivity index is 1.65. The summed E-state index contributed by atoms with van der Waals surface area (Å²) >= 11 is 0. The summed E-state index contributed by atoms with van der Waals surface area (Å²) in [5.74, 6) is 0.787. The molecule has 0 fully saturated rings. The molecule has 144 valence electrons. The highest BCUT2D eigenvalue weighted by molar-refractivity contribution is 5.95. The second-order valence-electron chi connectivity index (χ2n) is 7.23. The van der Waals surface area contributed by atoms with E-state index in [1.54, 1.807) is 25.6 Å². The third-order valence-corrected chi connectivity index (χ3v) is 5.64. The van der Waals surface area contributed by atoms with Crippen LogP contribution in [0, 0.1) is 0 Å². The normalized spacial score (nSPS) is 15.9. The lowest BCUT2D eigenvalue weighted by Gasteiger charge is -2.36. The van der Waals surface area contributed by atoms with Crippen LogP contribution in [0.25, 0.3) is 10.9 Å². The lowest BCUT2D eigenvalue weighted by molar-refractivity contribution is 0.0691. The highest BCUT2D eigenvalue weighted by Crippen LogP contribution is 2.39. The minimum atomic E-state index is -0.190. The molecular weight excluding hydrogens is 362 g/mol. The van der Waals surface area contributed by atoms with E-state index < -0.39 is 0 Å². The number of nitrogens with zero attached hydrogens (tertiary/aromatic N) is 2. The van der Waals surface area contributed by atoms with Crippen molar-refractivity contribution in [3.63, 3.8) is 0 Å². The van der Waals surface area contributed by atoms with E-state index >= 15 is 0 Å². The first-order chi connectivity index (χ1) is 14.3. The molecule has 1 amide bonds. The van der Waals surface area contributed by atoms with Gasteiger partial charge in [0.25, 0.3) is 5.91 Å². The molecular formula is C24H21N3O2. The molecule has 2 aromatic carbocycles. The summed E-state index contributed by atoms with van der Waals surface area (Å²) in [6, 6.07) is 19.7. The molecule has 4 aromatic rings. The largest absolute Gasteiger partial charge is 0.497 e. The van der Waals surface area contributed by atoms with Crippen molar-refractivity contribution in [1.82, 2.24) is 14.9 Å². The number of nitrogens with one attached hydrogen (secondary N) is 1. The van der Waals surface area contributed by atoms with Crippen molar-refractivity contribution in [2.75, 3.05) is 13.7 Å². The monoisotopic (exact) mass is 383 g/mol. The number of ether oxygens (including phenoxy) is 1. The standard InChI is InChI=1S/C24H21N3O2/c1-29-18-10-8-16(9-11-18)23-22-20(19-6-2-3-7-21(19)26-22)12-14-27(23)24(28)17-5-4-13-25-15-17/h2-11,13,15,23,26H,12,14H2,1H3/t23-/m0/s1. The summed E-state index contributed by atoms with van der Waals surface area (Å²) in [5.41, 5.74) is 5.13. The van der Waals surface area contributed by atoms with Gasteiger partial charge in [-0.15, -0.1) is 0 Å². The van der Waals surface area contributed by atoms with Crippen LogP contribution in [-0.4, -0.2) is 34.4 Å². The zero-order valence-electron chi connectivity index (χ0n) is 16.1. The number of aromatic nitrogens is 2. The number of hydrogen-bond donors (Lipinski definition) is 1. The first kappa shape index (κ1) is 17.5. The van der Waals surface area contributed by atoms with E-state index in [0.29, 0.717) is 12.1 Å². The number of carbonyl (C=O) groups excluding carboxylic acids is 1. The summed E-state index contributed by atoms with van der Waals surface area (Å²) in [5, 5.41) is 1.23. The van der Waals surface area contributed by atoms with Gasteiger partial charge in [-0.25, -0.2) is 0 Å². The van der Waals surface area contributed by atoms with Crippen molar-refractivity contribution in [3.05, 3.63) is 95.4 Å². The molecule has 0 saturated heterocycles. The molecule has 1 aliphatic heterocycles. The summed E-state index contributed by atoms with van der Waals surface area (Å²) in [4.78, 5) is 23.0. The third-order valence-electron chi connectivity index (χ3n) is 5.64. The molecule has 5 nitrogen and oxygen atoms in total. The van der Waals surface area contributed by atoms with Gasteiger partial charge in [0.1, 0.15) is 5.75 Å². The zero-order valence-corrected chi connectivity index (χ0v) is 16.1. The van der Waals surface area contributed by atoms with Crippen molar-refractivity contribution in [2.24, 2.45) is 0 Å². The number of benzene rings is 2. The number of hydrogen-bond acceptors (Lipinski definition) is 3. The van der Waals surface area contributed by atoms with Gasteiger partial charge < -0.3 is 14.6 Å². The van der Waals surface area contributed by atoms with Gasteiger partial charge in [0.2, 0.25) is 0 Å². The minimum absolute atomic E-state index is 0.0109. The van der Waals surface area contributed by atoms with Gasteiger partial charge >= 0.3 is 0 Å². The number of aromatic amines is 1. The Kier molecular flexibility index (Phi) is 4.28. The molecule has 5 rings (SSSR count). The number of H-pyrrole nitrogens is 1. The minimum Gasteiger partial charge on any atom is -0.497 e. The number of pyridine rings is 1. The molecule has 2 aromatic heterocycles. The fourth-order valence-electron chi connectivity index (χ4n) is 4.25. The van der Waals surface area contributed by atoms with Crippen LogP contribution in [0.4, 0.5) is 0 Å². The maximum Gasteiger partial charge on any atom is 0.256 e. The van der Waals surface area contributed by atoms with E-state index in [1.165, 1.54) is 10.9 Å². The Morgan fingerprint density at radius 3 is 2.69 bits per heavy atom. The summed E-state index contributed by atoms with van der Waals surface area (Å²) in [7, 11) is 1.66. The Hall–Kier alpha value is -3.60. The van der Waals surface area contributed by atoms with Gasteiger partial charge in [-0.2, -0.15) is 0 Å². The molecule has 0 bridgehead atoms. The quantitative estimate of drug-likeness (QED) is 0.572. The number of amides is 1. The van der Waals surface area contributed by atoms with Gasteiger partial charge in [-0.05, 0) is 47.9 Å². The molecule has 0 aliphatic carbocycles. The Bertz CT molecular complexity index is 1170. The van der Waals surface area contributed by atoms with Crippen molar-refractivity contribution >= 4 is 16.8 Å². The molecule has 0 unspecified atom stereocenters. The van der Waals surface area contributed by atoms with Gasteiger partial charge in [0.15, 0.2) is 0 Å². The lowest BCUT2D eigenvalue weighted by Crippen LogP contribution is -2.40. The topological polar surface area (TPSA) is 58.2 Å². The predicted octanol–water partition coefficient (Wildman–Crippen LogP) is 4.36. The van der Waals surface area contributed by atoms with Crippen molar-refractivity contribution in [2.45, 2.75) is 12.5 Å². The molecule has 0 saturated carbocycles. The number of rotatable bonds is 3. The van der Waals surface area contributed by atoms with Crippen LogP contribution in [0.15, 0.2) is 73.1 Å². The fourth-order valence-corrected chi connectivity index (χ4v) is 4.25. The number of carbonyl (C=O) groups is 1. The maximum absolute atomic E-state index is 13.4. The average molecular weight is 383 g/mol. The molecule has 0 spiro atoms. The molecule has 1 aliphatic rings. The van der Waals surface area contributed by atoms with Crippen LogP contribution in [0.5, 0.6) is 5.75 Å². The molecule has 1 N–H and O–H groups in total. The van der Waals surface area contributed by atoms with Gasteiger partial charge in [0, 0.05) is 35.5 Å². The molecule has 0 radical (unpaired) electrons. The average Bonchev–Trinajstić information content (AvgIpc) is 3.17. The second kappa shape index (κ2) is 7.09. The van der Waals surface area contributed by atoms with Crippen molar-refractivity contribution in [3.8, 4) is 5.75 Å². The predicted molar refractivity (Wildman–Crippen MR) is 112 cm³/mol. The van der Waals surface area contributed by atoms with Crippen LogP contribution in [0.2, 0.25) is 0 Å². The third kappa shape index (κ3) is 2.95. The van der Waals surface area contributed by atoms with Gasteiger partial charge in [-0.1, -0.05) is 30.3 Å². The summed E-state index contributed by atoms with van der Waals surface area (Å²) in [6.07, 6.45) is 4.13. The van der Waals surface area contributed by atoms with Crippen LogP contribution in [0.1, 0.15) is 33.2 Å². The Morgan fingerprint density at radius 2 is 1.93 bits per heavy atom. The fraction of sp³-hybridized carbons (Fsp3) is 0.167. The number of methoxy groups -OCH3 is 1. The highest BCUT2D eigenvalue weighted by Gasteiger charge is 2.35. The van der Waals surface area contributed by atoms with E-state index in [-0.39, 0.29) is 11.9 Å². The first-order valence-electron chi connectivity index (χ1n) is 9.70. The van der Waals surface area contributed by atoms with E-state index in [1.807, 2.05) is 41.3 Å². The zero-order chi connectivity index (χ0) is 19.8. The summed E-state index contributed by atoms with van der Waals surface area (Å²) in [6.45, 7) is 0.652. The van der Waals surface area contributed by atoms with Crippen molar-refractivity contribution in [1.29, 1.82) is 0 Å². The van der Waals surface area contributed by atoms with E-state index in [9.17, 15) is 4.79 Å². The summed E-state index contributed by atoms with van der Waals surface area (Å²) < 4.78 is 5.32. The number of fused-ring (bicyclic) bond motifs is 3. The Morgan fingerprint density at radius 1 is 1.10 bits per heavy atom.